The molecule has 0 fully saturated rings. The molecule has 202 valence electrons. The molecule has 0 heterocycles. The second-order valence-corrected chi connectivity index (χ2v) is 11.5. The van der Waals surface area contributed by atoms with Gasteiger partial charge in [0.2, 0.25) is 21.8 Å². The molecule has 0 unspecified atom stereocenters. The lowest BCUT2D eigenvalue weighted by Gasteiger charge is -2.33. The van der Waals surface area contributed by atoms with E-state index in [0.29, 0.717) is 6.54 Å². The molecular weight excluding hydrogens is 522 g/mol. The van der Waals surface area contributed by atoms with E-state index < -0.39 is 28.5 Å². The number of carbonyl (C=O) groups is 2. The molecule has 38 heavy (non-hydrogen) atoms. The van der Waals surface area contributed by atoms with Gasteiger partial charge < -0.3 is 10.2 Å². The van der Waals surface area contributed by atoms with Gasteiger partial charge in [-0.3, -0.25) is 13.9 Å². The summed E-state index contributed by atoms with van der Waals surface area (Å²) in [5.41, 5.74) is 2.94. The van der Waals surface area contributed by atoms with Gasteiger partial charge >= 0.3 is 0 Å². The maximum atomic E-state index is 14.0. The van der Waals surface area contributed by atoms with Crippen molar-refractivity contribution in [3.8, 4) is 0 Å². The highest BCUT2D eigenvalue weighted by Gasteiger charge is 2.33. The van der Waals surface area contributed by atoms with Crippen LogP contribution in [0.5, 0.6) is 0 Å². The Balaban J connectivity index is 2.05. The van der Waals surface area contributed by atoms with E-state index in [9.17, 15) is 18.0 Å². The van der Waals surface area contributed by atoms with Gasteiger partial charge in [-0.25, -0.2) is 8.42 Å². The number of benzene rings is 3. The van der Waals surface area contributed by atoms with Gasteiger partial charge in [-0.15, -0.1) is 0 Å². The fourth-order valence-electron chi connectivity index (χ4n) is 4.18. The van der Waals surface area contributed by atoms with Gasteiger partial charge in [0.25, 0.3) is 0 Å². The van der Waals surface area contributed by atoms with Gasteiger partial charge in [-0.2, -0.15) is 0 Å². The Morgan fingerprint density at radius 2 is 1.61 bits per heavy atom. The lowest BCUT2D eigenvalue weighted by molar-refractivity contribution is -0.140. The minimum Gasteiger partial charge on any atom is -0.354 e. The summed E-state index contributed by atoms with van der Waals surface area (Å²) in [5.74, 6) is -0.801. The number of carbonyl (C=O) groups excluding carboxylic acids is 2. The van der Waals surface area contributed by atoms with Crippen LogP contribution in [0.15, 0.2) is 78.9 Å². The number of amides is 2. The standard InChI is InChI=1S/C29H34ClN3O4S/c1-4-17-31-29(35)27(19-23-12-6-5-7-13-23)32(20-24-14-10-11-22(2)18-24)28(34)21-33(38(3,36)37)26-16-9-8-15-25(26)30/h5-16,18,27H,4,17,19-21H2,1-3H3,(H,31,35)/t27-/m1/s1. The van der Waals surface area contributed by atoms with Gasteiger partial charge in [0.1, 0.15) is 12.6 Å². The molecule has 0 saturated carbocycles. The number of para-hydroxylation sites is 1. The van der Waals surface area contributed by atoms with Crippen LogP contribution in [-0.4, -0.2) is 50.5 Å². The monoisotopic (exact) mass is 555 g/mol. The Morgan fingerprint density at radius 3 is 2.24 bits per heavy atom. The lowest BCUT2D eigenvalue weighted by Crippen LogP contribution is -2.53. The first kappa shape index (κ1) is 29.2. The fraction of sp³-hybridized carbons (Fsp3) is 0.310. The van der Waals surface area contributed by atoms with E-state index >= 15 is 0 Å². The predicted molar refractivity (Wildman–Crippen MR) is 153 cm³/mol. The molecule has 0 saturated heterocycles. The average molecular weight is 556 g/mol. The van der Waals surface area contributed by atoms with E-state index in [2.05, 4.69) is 5.32 Å². The van der Waals surface area contributed by atoms with E-state index in [-0.39, 0.29) is 29.6 Å². The van der Waals surface area contributed by atoms with Crippen LogP contribution in [0.2, 0.25) is 5.02 Å². The zero-order valence-electron chi connectivity index (χ0n) is 21.9. The Hall–Kier alpha value is -3.36. The Bertz CT molecular complexity index is 1350. The molecule has 0 bridgehead atoms. The van der Waals surface area contributed by atoms with Crippen LogP contribution < -0.4 is 9.62 Å². The smallest absolute Gasteiger partial charge is 0.244 e. The molecule has 0 spiro atoms. The highest BCUT2D eigenvalue weighted by molar-refractivity contribution is 7.92. The molecule has 1 atom stereocenters. The van der Waals surface area contributed by atoms with Crippen molar-refractivity contribution in [1.29, 1.82) is 0 Å². The number of sulfonamides is 1. The number of anilines is 1. The van der Waals surface area contributed by atoms with Crippen LogP contribution in [0.4, 0.5) is 5.69 Å². The Morgan fingerprint density at radius 1 is 0.947 bits per heavy atom. The zero-order valence-corrected chi connectivity index (χ0v) is 23.5. The van der Waals surface area contributed by atoms with Crippen molar-refractivity contribution in [2.75, 3.05) is 23.7 Å². The quantitative estimate of drug-likeness (QED) is 0.354. The molecule has 7 nitrogen and oxygen atoms in total. The highest BCUT2D eigenvalue weighted by atomic mass is 35.5. The second-order valence-electron chi connectivity index (χ2n) is 9.23. The molecule has 0 aliphatic heterocycles. The summed E-state index contributed by atoms with van der Waals surface area (Å²) in [5, 5.41) is 3.13. The number of hydrogen-bond acceptors (Lipinski definition) is 4. The van der Waals surface area contributed by atoms with Crippen molar-refractivity contribution in [3.05, 3.63) is 101 Å². The van der Waals surface area contributed by atoms with Gasteiger partial charge in [0, 0.05) is 19.5 Å². The first-order valence-electron chi connectivity index (χ1n) is 12.5. The van der Waals surface area contributed by atoms with Gasteiger partial charge in [0.15, 0.2) is 0 Å². The maximum absolute atomic E-state index is 14.0. The van der Waals surface area contributed by atoms with Crippen LogP contribution in [0.25, 0.3) is 0 Å². The summed E-state index contributed by atoms with van der Waals surface area (Å²) in [4.78, 5) is 28.9. The highest BCUT2D eigenvalue weighted by Crippen LogP contribution is 2.27. The molecule has 0 radical (unpaired) electrons. The van der Waals surface area contributed by atoms with E-state index in [4.69, 9.17) is 11.6 Å². The Kier molecular flexibility index (Phi) is 10.3. The first-order valence-corrected chi connectivity index (χ1v) is 14.7. The number of aryl methyl sites for hydroxylation is 1. The first-order chi connectivity index (χ1) is 18.1. The normalized spacial score (nSPS) is 12.0. The minimum atomic E-state index is -3.87. The molecule has 3 rings (SSSR count). The minimum absolute atomic E-state index is 0.137. The van der Waals surface area contributed by atoms with Crippen molar-refractivity contribution in [2.24, 2.45) is 0 Å². The lowest BCUT2D eigenvalue weighted by atomic mass is 10.0. The summed E-state index contributed by atoms with van der Waals surface area (Å²) < 4.78 is 26.6. The third-order valence-corrected chi connectivity index (χ3v) is 7.50. The number of rotatable bonds is 12. The van der Waals surface area contributed by atoms with E-state index in [0.717, 1.165) is 33.7 Å². The number of nitrogens with one attached hydrogen (secondary N) is 1. The van der Waals surface area contributed by atoms with Crippen molar-refractivity contribution in [2.45, 2.75) is 39.3 Å². The molecule has 0 aromatic heterocycles. The predicted octanol–water partition coefficient (Wildman–Crippen LogP) is 4.58. The molecule has 3 aromatic rings. The fourth-order valence-corrected chi connectivity index (χ4v) is 5.33. The van der Waals surface area contributed by atoms with Crippen LogP contribution in [-0.2, 0) is 32.6 Å². The van der Waals surface area contributed by atoms with Crippen molar-refractivity contribution in [1.82, 2.24) is 10.2 Å². The number of hydrogen-bond donors (Lipinski definition) is 1. The van der Waals surface area contributed by atoms with Crippen LogP contribution in [0, 0.1) is 6.92 Å². The van der Waals surface area contributed by atoms with Gasteiger partial charge in [-0.05, 0) is 36.6 Å². The van der Waals surface area contributed by atoms with Gasteiger partial charge in [0.05, 0.1) is 17.0 Å². The summed E-state index contributed by atoms with van der Waals surface area (Å²) in [7, 11) is -3.87. The number of halogens is 1. The van der Waals surface area contributed by atoms with Crippen LogP contribution in [0.1, 0.15) is 30.0 Å². The second kappa shape index (κ2) is 13.4. The van der Waals surface area contributed by atoms with Crippen molar-refractivity contribution < 1.29 is 18.0 Å². The molecule has 3 aromatic carbocycles. The summed E-state index contributed by atoms with van der Waals surface area (Å²) in [6, 6.07) is 22.8. The summed E-state index contributed by atoms with van der Waals surface area (Å²) in [6.45, 7) is 4.01. The summed E-state index contributed by atoms with van der Waals surface area (Å²) >= 11 is 6.32. The third-order valence-electron chi connectivity index (χ3n) is 6.06. The third kappa shape index (κ3) is 8.07. The van der Waals surface area contributed by atoms with E-state index in [1.54, 1.807) is 24.3 Å². The average Bonchev–Trinajstić information content (AvgIpc) is 2.88. The largest absolute Gasteiger partial charge is 0.354 e. The molecule has 0 aliphatic carbocycles. The molecule has 0 aliphatic rings. The Labute approximate surface area is 230 Å². The SMILES string of the molecule is CCCNC(=O)[C@@H](Cc1ccccc1)N(Cc1cccc(C)c1)C(=O)CN(c1ccccc1Cl)S(C)(=O)=O. The van der Waals surface area contributed by atoms with Crippen LogP contribution in [0.3, 0.4) is 0 Å². The molecule has 1 N–H and O–H groups in total. The molecule has 2 amide bonds. The van der Waals surface area contributed by atoms with Crippen molar-refractivity contribution in [3.63, 3.8) is 0 Å². The maximum Gasteiger partial charge on any atom is 0.244 e. The zero-order chi connectivity index (χ0) is 27.7. The van der Waals surface area contributed by atoms with Crippen LogP contribution >= 0.6 is 11.6 Å². The van der Waals surface area contributed by atoms with E-state index in [1.807, 2.05) is 68.4 Å². The molecule has 9 heteroatoms. The number of nitrogens with zero attached hydrogens (tertiary/aromatic N) is 2. The topological polar surface area (TPSA) is 86.8 Å². The molecular formula is C29H34ClN3O4S. The summed E-state index contributed by atoms with van der Waals surface area (Å²) in [6.07, 6.45) is 2.05. The van der Waals surface area contributed by atoms with Gasteiger partial charge in [-0.1, -0.05) is 90.8 Å². The van der Waals surface area contributed by atoms with E-state index in [1.165, 1.54) is 4.90 Å². The van der Waals surface area contributed by atoms with Crippen molar-refractivity contribution >= 4 is 39.1 Å².